The Morgan fingerprint density at radius 1 is 0.968 bits per heavy atom. The van der Waals surface area contributed by atoms with Gasteiger partial charge in [0, 0.05) is 18.0 Å². The van der Waals surface area contributed by atoms with Gasteiger partial charge in [0.05, 0.1) is 24.8 Å². The largest absolute Gasteiger partial charge is 0.493 e. The number of methoxy groups -OCH3 is 2. The molecule has 160 valence electrons. The maximum atomic E-state index is 14.2. The minimum absolute atomic E-state index is 0.112. The standard InChI is InChI=1S/C23H20F2N2O2S2/c1-28-20-8-5-15(12-21(20)29-2)9-10-27-19(22-4-3-11-30-22)14-31-23(27)26-18-7-6-16(24)13-17(18)25/h3-8,11-14H,9-10H2,1-2H3. The van der Waals surface area contributed by atoms with Gasteiger partial charge in [-0.3, -0.25) is 0 Å². The van der Waals surface area contributed by atoms with E-state index in [1.54, 1.807) is 25.6 Å². The van der Waals surface area contributed by atoms with E-state index in [0.29, 0.717) is 29.3 Å². The normalized spacial score (nSPS) is 11.7. The van der Waals surface area contributed by atoms with E-state index in [1.807, 2.05) is 41.1 Å². The Labute approximate surface area is 186 Å². The zero-order chi connectivity index (χ0) is 21.8. The number of hydrogen-bond acceptors (Lipinski definition) is 5. The summed E-state index contributed by atoms with van der Waals surface area (Å²) in [6.07, 6.45) is 0.717. The molecule has 2 aromatic carbocycles. The summed E-state index contributed by atoms with van der Waals surface area (Å²) >= 11 is 3.06. The van der Waals surface area contributed by atoms with Crippen LogP contribution in [0.2, 0.25) is 0 Å². The summed E-state index contributed by atoms with van der Waals surface area (Å²) in [5.41, 5.74) is 2.20. The average Bonchev–Trinajstić information content (AvgIpc) is 3.44. The van der Waals surface area contributed by atoms with Crippen molar-refractivity contribution in [3.05, 3.63) is 81.3 Å². The van der Waals surface area contributed by atoms with Gasteiger partial charge in [-0.15, -0.1) is 22.7 Å². The van der Waals surface area contributed by atoms with Crippen molar-refractivity contribution in [2.75, 3.05) is 14.2 Å². The highest BCUT2D eigenvalue weighted by atomic mass is 32.1. The number of thiophene rings is 1. The molecule has 8 heteroatoms. The van der Waals surface area contributed by atoms with Crippen molar-refractivity contribution in [2.45, 2.75) is 13.0 Å². The van der Waals surface area contributed by atoms with E-state index < -0.39 is 11.6 Å². The second-order valence-corrected chi connectivity index (χ2v) is 8.46. The highest BCUT2D eigenvalue weighted by molar-refractivity contribution is 7.14. The smallest absolute Gasteiger partial charge is 0.190 e. The van der Waals surface area contributed by atoms with Crippen molar-refractivity contribution in [1.82, 2.24) is 4.57 Å². The van der Waals surface area contributed by atoms with E-state index in [2.05, 4.69) is 9.56 Å². The highest BCUT2D eigenvalue weighted by Crippen LogP contribution is 2.29. The number of benzene rings is 2. The second kappa shape index (κ2) is 9.45. The number of rotatable bonds is 7. The first-order valence-corrected chi connectivity index (χ1v) is 11.3. The van der Waals surface area contributed by atoms with Crippen LogP contribution in [0.4, 0.5) is 14.5 Å². The fraction of sp³-hybridized carbons (Fsp3) is 0.174. The quantitative estimate of drug-likeness (QED) is 0.338. The minimum atomic E-state index is -0.683. The molecule has 0 spiro atoms. The van der Waals surface area contributed by atoms with Crippen LogP contribution < -0.4 is 14.3 Å². The number of aryl methyl sites for hydroxylation is 1. The van der Waals surface area contributed by atoms with Crippen molar-refractivity contribution in [3.63, 3.8) is 0 Å². The first kappa shape index (κ1) is 21.3. The van der Waals surface area contributed by atoms with Crippen molar-refractivity contribution in [3.8, 4) is 22.1 Å². The topological polar surface area (TPSA) is 35.8 Å². The maximum absolute atomic E-state index is 14.2. The zero-order valence-corrected chi connectivity index (χ0v) is 18.6. The number of ether oxygens (including phenoxy) is 2. The molecule has 0 radical (unpaired) electrons. The molecule has 0 aliphatic rings. The fourth-order valence-corrected chi connectivity index (χ4v) is 4.97. The van der Waals surface area contributed by atoms with E-state index in [-0.39, 0.29) is 5.69 Å². The third kappa shape index (κ3) is 4.70. The average molecular weight is 459 g/mol. The number of nitrogens with zero attached hydrogens (tertiary/aromatic N) is 2. The summed E-state index contributed by atoms with van der Waals surface area (Å²) in [5.74, 6) is 0.0454. The fourth-order valence-electron chi connectivity index (χ4n) is 3.21. The van der Waals surface area contributed by atoms with Crippen LogP contribution in [-0.2, 0) is 13.0 Å². The summed E-state index contributed by atoms with van der Waals surface area (Å²) in [4.78, 5) is 6.23. The van der Waals surface area contributed by atoms with E-state index in [9.17, 15) is 8.78 Å². The molecule has 2 heterocycles. The molecule has 0 saturated heterocycles. The van der Waals surface area contributed by atoms with Gasteiger partial charge in [-0.1, -0.05) is 12.1 Å². The van der Waals surface area contributed by atoms with Crippen LogP contribution in [-0.4, -0.2) is 18.8 Å². The lowest BCUT2D eigenvalue weighted by atomic mass is 10.1. The summed E-state index contributed by atoms with van der Waals surface area (Å²) in [7, 11) is 3.22. The highest BCUT2D eigenvalue weighted by Gasteiger charge is 2.12. The molecule has 31 heavy (non-hydrogen) atoms. The minimum Gasteiger partial charge on any atom is -0.493 e. The number of hydrogen-bond donors (Lipinski definition) is 0. The van der Waals surface area contributed by atoms with Crippen molar-refractivity contribution < 1.29 is 18.3 Å². The molecular weight excluding hydrogens is 438 g/mol. The molecule has 0 fully saturated rings. The van der Waals surface area contributed by atoms with Gasteiger partial charge in [0.2, 0.25) is 0 Å². The summed E-state index contributed by atoms with van der Waals surface area (Å²) in [6.45, 7) is 0.633. The lowest BCUT2D eigenvalue weighted by molar-refractivity contribution is 0.354. The third-order valence-electron chi connectivity index (χ3n) is 4.77. The summed E-state index contributed by atoms with van der Waals surface area (Å²) in [5, 5.41) is 4.03. The van der Waals surface area contributed by atoms with Gasteiger partial charge in [-0.2, -0.15) is 0 Å². The number of aromatic nitrogens is 1. The molecule has 0 aliphatic heterocycles. The van der Waals surface area contributed by atoms with E-state index in [1.165, 1.54) is 23.5 Å². The molecule has 2 aromatic heterocycles. The van der Waals surface area contributed by atoms with Gasteiger partial charge in [0.1, 0.15) is 11.5 Å². The summed E-state index contributed by atoms with van der Waals surface area (Å²) in [6, 6.07) is 13.3. The van der Waals surface area contributed by atoms with Crippen LogP contribution in [0.25, 0.3) is 10.6 Å². The lowest BCUT2D eigenvalue weighted by Crippen LogP contribution is -2.17. The predicted octanol–water partition coefficient (Wildman–Crippen LogP) is 6.05. The van der Waals surface area contributed by atoms with Crippen LogP contribution in [0.15, 0.2) is 64.3 Å². The van der Waals surface area contributed by atoms with E-state index >= 15 is 0 Å². The Morgan fingerprint density at radius 3 is 2.52 bits per heavy atom. The molecule has 0 N–H and O–H groups in total. The zero-order valence-electron chi connectivity index (χ0n) is 17.0. The van der Waals surface area contributed by atoms with Crippen LogP contribution >= 0.6 is 22.7 Å². The van der Waals surface area contributed by atoms with E-state index in [4.69, 9.17) is 9.47 Å². The first-order valence-electron chi connectivity index (χ1n) is 9.52. The van der Waals surface area contributed by atoms with Crippen molar-refractivity contribution in [2.24, 2.45) is 4.99 Å². The Morgan fingerprint density at radius 2 is 1.81 bits per heavy atom. The van der Waals surface area contributed by atoms with Crippen LogP contribution in [0.1, 0.15) is 5.56 Å². The SMILES string of the molecule is COc1ccc(CCn2c(-c3cccs3)csc2=Nc2ccc(F)cc2F)cc1OC. The predicted molar refractivity (Wildman–Crippen MR) is 120 cm³/mol. The van der Waals surface area contributed by atoms with Gasteiger partial charge in [0.15, 0.2) is 22.1 Å². The number of thiazole rings is 1. The van der Waals surface area contributed by atoms with Crippen LogP contribution in [0.5, 0.6) is 11.5 Å². The van der Waals surface area contributed by atoms with Crippen molar-refractivity contribution in [1.29, 1.82) is 0 Å². The molecule has 0 saturated carbocycles. The van der Waals surface area contributed by atoms with Crippen molar-refractivity contribution >= 4 is 28.4 Å². The van der Waals surface area contributed by atoms with Gasteiger partial charge >= 0.3 is 0 Å². The van der Waals surface area contributed by atoms with E-state index in [0.717, 1.165) is 22.2 Å². The van der Waals surface area contributed by atoms with Gasteiger partial charge < -0.3 is 14.0 Å². The number of halogens is 2. The molecule has 0 amide bonds. The maximum Gasteiger partial charge on any atom is 0.190 e. The summed E-state index contributed by atoms with van der Waals surface area (Å²) < 4.78 is 40.2. The second-order valence-electron chi connectivity index (χ2n) is 6.68. The third-order valence-corrected chi connectivity index (χ3v) is 6.53. The molecule has 4 nitrogen and oxygen atoms in total. The Bertz CT molecular complexity index is 1250. The van der Waals surface area contributed by atoms with Gasteiger partial charge in [0.25, 0.3) is 0 Å². The molecule has 4 rings (SSSR count). The molecule has 0 unspecified atom stereocenters. The Kier molecular flexibility index (Phi) is 6.48. The Balaban J connectivity index is 1.71. The monoisotopic (exact) mass is 458 g/mol. The molecule has 0 bridgehead atoms. The molecule has 0 aliphatic carbocycles. The first-order chi connectivity index (χ1) is 15.1. The molecule has 0 atom stereocenters. The molecular formula is C23H20F2N2O2S2. The van der Waals surface area contributed by atoms with Crippen LogP contribution in [0.3, 0.4) is 0 Å². The lowest BCUT2D eigenvalue weighted by Gasteiger charge is -2.11. The van der Waals surface area contributed by atoms with Crippen LogP contribution in [0, 0.1) is 11.6 Å². The molecule has 4 aromatic rings. The van der Waals surface area contributed by atoms with Gasteiger partial charge in [-0.25, -0.2) is 13.8 Å². The van der Waals surface area contributed by atoms with Gasteiger partial charge in [-0.05, 0) is 47.7 Å². The Hall–Kier alpha value is -2.97.